The molecule has 134 valence electrons. The van der Waals surface area contributed by atoms with Crippen LogP contribution in [0.4, 0.5) is 0 Å². The summed E-state index contributed by atoms with van der Waals surface area (Å²) in [6, 6.07) is 5.45. The van der Waals surface area contributed by atoms with Gasteiger partial charge in [0.1, 0.15) is 0 Å². The van der Waals surface area contributed by atoms with Crippen molar-refractivity contribution >= 4 is 26.8 Å². The summed E-state index contributed by atoms with van der Waals surface area (Å²) in [5, 5.41) is 4.17. The van der Waals surface area contributed by atoms with Crippen molar-refractivity contribution < 1.29 is 13.2 Å². The predicted molar refractivity (Wildman–Crippen MR) is 97.2 cm³/mol. The third kappa shape index (κ3) is 3.18. The van der Waals surface area contributed by atoms with E-state index in [4.69, 9.17) is 0 Å². The molecule has 7 heteroatoms. The van der Waals surface area contributed by atoms with E-state index in [1.54, 1.807) is 12.1 Å². The quantitative estimate of drug-likeness (QED) is 0.871. The van der Waals surface area contributed by atoms with Gasteiger partial charge < -0.3 is 9.88 Å². The molecular weight excluding hydrogens is 338 g/mol. The molecule has 2 aromatic rings. The Morgan fingerprint density at radius 2 is 2.08 bits per heavy atom. The maximum atomic E-state index is 12.3. The number of amides is 1. The molecule has 0 bridgehead atoms. The lowest BCUT2D eigenvalue weighted by molar-refractivity contribution is 0.0981. The number of fused-ring (bicyclic) bond motifs is 1. The zero-order chi connectivity index (χ0) is 17.6. The lowest BCUT2D eigenvalue weighted by Gasteiger charge is -2.22. The Hall–Kier alpha value is -1.86. The van der Waals surface area contributed by atoms with Crippen LogP contribution in [0.1, 0.15) is 47.5 Å². The van der Waals surface area contributed by atoms with E-state index in [0.29, 0.717) is 24.3 Å². The van der Waals surface area contributed by atoms with Crippen LogP contribution in [0.3, 0.4) is 0 Å². The Morgan fingerprint density at radius 3 is 2.76 bits per heavy atom. The summed E-state index contributed by atoms with van der Waals surface area (Å²) in [5.41, 5.74) is 2.63. The molecule has 2 fully saturated rings. The highest BCUT2D eigenvalue weighted by atomic mass is 32.2. The van der Waals surface area contributed by atoms with Gasteiger partial charge in [-0.3, -0.25) is 4.79 Å². The first-order valence-electron chi connectivity index (χ1n) is 8.81. The number of nitrogens with one attached hydrogen (secondary N) is 2. The molecule has 2 aliphatic rings. The van der Waals surface area contributed by atoms with Crippen molar-refractivity contribution in [1.29, 1.82) is 0 Å². The van der Waals surface area contributed by atoms with Gasteiger partial charge in [-0.15, -0.1) is 0 Å². The van der Waals surface area contributed by atoms with Crippen LogP contribution >= 0.6 is 0 Å². The molecule has 0 radical (unpaired) electrons. The number of piperidine rings is 1. The summed E-state index contributed by atoms with van der Waals surface area (Å²) >= 11 is 0. The van der Waals surface area contributed by atoms with Crippen molar-refractivity contribution in [2.75, 3.05) is 13.1 Å². The number of aromatic nitrogens is 1. The topological polar surface area (TPSA) is 80.2 Å². The second kappa shape index (κ2) is 6.14. The molecule has 1 aromatic carbocycles. The molecule has 0 spiro atoms. The zero-order valence-electron chi connectivity index (χ0n) is 14.3. The largest absolute Gasteiger partial charge is 0.350 e. The molecule has 1 atom stereocenters. The Kier molecular flexibility index (Phi) is 4.08. The number of nitrogens with zero attached hydrogens (tertiary/aromatic N) is 1. The monoisotopic (exact) mass is 361 g/mol. The minimum absolute atomic E-state index is 0.381. The van der Waals surface area contributed by atoms with Gasteiger partial charge in [0.25, 0.3) is 5.91 Å². The van der Waals surface area contributed by atoms with Crippen LogP contribution in [0.5, 0.6) is 0 Å². The third-order valence-electron chi connectivity index (χ3n) is 5.22. The van der Waals surface area contributed by atoms with Gasteiger partial charge in [0.15, 0.2) is 0 Å². The second-order valence-corrected chi connectivity index (χ2v) is 9.11. The lowest BCUT2D eigenvalue weighted by atomic mass is 9.91. The van der Waals surface area contributed by atoms with Crippen LogP contribution < -0.4 is 10.0 Å². The van der Waals surface area contributed by atoms with Gasteiger partial charge in [-0.1, -0.05) is 6.07 Å². The summed E-state index contributed by atoms with van der Waals surface area (Å²) < 4.78 is 28.2. The van der Waals surface area contributed by atoms with Gasteiger partial charge in [-0.2, -0.15) is 0 Å². The zero-order valence-corrected chi connectivity index (χ0v) is 15.1. The van der Waals surface area contributed by atoms with E-state index < -0.39 is 21.2 Å². The highest BCUT2D eigenvalue weighted by Gasteiger charge is 2.37. The van der Waals surface area contributed by atoms with Crippen molar-refractivity contribution in [3.05, 3.63) is 35.5 Å². The summed E-state index contributed by atoms with van der Waals surface area (Å²) in [6.45, 7) is 2.04. The molecular formula is C18H23N3O3S. The summed E-state index contributed by atoms with van der Waals surface area (Å²) in [4.78, 5) is 12.3. The van der Waals surface area contributed by atoms with Gasteiger partial charge in [-0.25, -0.2) is 13.1 Å². The fourth-order valence-electron chi connectivity index (χ4n) is 3.65. The highest BCUT2D eigenvalue weighted by molar-refractivity contribution is 7.91. The summed E-state index contributed by atoms with van der Waals surface area (Å²) in [6.07, 6.45) is 5.73. The number of sulfonamides is 1. The average molecular weight is 361 g/mol. The first kappa shape index (κ1) is 16.6. The Balaban J connectivity index is 1.64. The van der Waals surface area contributed by atoms with Crippen LogP contribution in [0.2, 0.25) is 0 Å². The highest BCUT2D eigenvalue weighted by Crippen LogP contribution is 2.32. The molecule has 1 saturated carbocycles. The minimum atomic E-state index is -3.52. The minimum Gasteiger partial charge on any atom is -0.350 e. The second-order valence-electron chi connectivity index (χ2n) is 7.15. The van der Waals surface area contributed by atoms with Gasteiger partial charge in [0, 0.05) is 36.3 Å². The van der Waals surface area contributed by atoms with Crippen LogP contribution in [-0.4, -0.2) is 37.2 Å². The number of benzene rings is 1. The van der Waals surface area contributed by atoms with Gasteiger partial charge in [0.05, 0.1) is 5.25 Å². The van der Waals surface area contributed by atoms with E-state index in [2.05, 4.69) is 16.2 Å². The fraction of sp³-hybridized carbons (Fsp3) is 0.500. The van der Waals surface area contributed by atoms with Crippen molar-refractivity contribution in [3.8, 4) is 0 Å². The molecule has 25 heavy (non-hydrogen) atoms. The van der Waals surface area contributed by atoms with Crippen molar-refractivity contribution in [3.63, 3.8) is 0 Å². The Bertz CT molecular complexity index is 922. The molecule has 2 N–H and O–H groups in total. The molecule has 1 aliphatic heterocycles. The van der Waals surface area contributed by atoms with E-state index in [1.807, 2.05) is 17.7 Å². The number of carbonyl (C=O) groups excluding carboxylic acids is 1. The number of carbonyl (C=O) groups is 1. The number of aryl methyl sites for hydroxylation is 1. The molecule has 6 nitrogen and oxygen atoms in total. The van der Waals surface area contributed by atoms with Crippen LogP contribution in [0.15, 0.2) is 24.4 Å². The molecule has 1 unspecified atom stereocenters. The molecule has 1 saturated heterocycles. The molecule has 4 rings (SSSR count). The first-order valence-corrected chi connectivity index (χ1v) is 10.4. The van der Waals surface area contributed by atoms with Gasteiger partial charge in [-0.05, 0) is 55.8 Å². The summed E-state index contributed by atoms with van der Waals surface area (Å²) in [7, 11) is -1.56. The smallest absolute Gasteiger partial charge is 0.264 e. The van der Waals surface area contributed by atoms with Gasteiger partial charge in [0.2, 0.25) is 10.0 Å². The van der Waals surface area contributed by atoms with E-state index in [1.165, 1.54) is 12.0 Å². The van der Waals surface area contributed by atoms with Crippen molar-refractivity contribution in [1.82, 2.24) is 14.6 Å². The Morgan fingerprint density at radius 1 is 1.28 bits per heavy atom. The summed E-state index contributed by atoms with van der Waals surface area (Å²) in [5.74, 6) is -0.0664. The van der Waals surface area contributed by atoms with E-state index in [-0.39, 0.29) is 0 Å². The predicted octanol–water partition coefficient (Wildman–Crippen LogP) is 1.87. The molecule has 1 aromatic heterocycles. The standard InChI is InChI=1S/C18H23N3O3S/c1-21-11-16(13-3-2-8-19-10-13)15-7-4-12(9-17(15)21)18(22)20-25(23,24)14-5-6-14/h4,7,9,11,13-14,19H,2-3,5-6,8,10H2,1H3,(H,20,22). The number of hydrogen-bond donors (Lipinski definition) is 2. The third-order valence-corrected chi connectivity index (χ3v) is 7.04. The van der Waals surface area contributed by atoms with E-state index in [9.17, 15) is 13.2 Å². The van der Waals surface area contributed by atoms with Crippen LogP contribution in [0, 0.1) is 0 Å². The molecule has 1 aliphatic carbocycles. The number of rotatable bonds is 4. The van der Waals surface area contributed by atoms with Crippen LogP contribution in [0.25, 0.3) is 10.9 Å². The van der Waals surface area contributed by atoms with E-state index in [0.717, 1.165) is 30.4 Å². The maximum absolute atomic E-state index is 12.3. The van der Waals surface area contributed by atoms with Crippen molar-refractivity contribution in [2.45, 2.75) is 36.9 Å². The van der Waals surface area contributed by atoms with Gasteiger partial charge >= 0.3 is 0 Å². The van der Waals surface area contributed by atoms with Crippen LogP contribution in [-0.2, 0) is 17.1 Å². The lowest BCUT2D eigenvalue weighted by Crippen LogP contribution is -2.33. The first-order chi connectivity index (χ1) is 12.0. The van der Waals surface area contributed by atoms with Crippen molar-refractivity contribution in [2.24, 2.45) is 7.05 Å². The molecule has 1 amide bonds. The Labute approximate surface area is 147 Å². The maximum Gasteiger partial charge on any atom is 0.264 e. The molecule has 2 heterocycles. The fourth-order valence-corrected chi connectivity index (χ4v) is 4.95. The SMILES string of the molecule is Cn1cc(C2CCCNC2)c2ccc(C(=O)NS(=O)(=O)C3CC3)cc21. The van der Waals surface area contributed by atoms with E-state index >= 15 is 0 Å². The average Bonchev–Trinajstić information content (AvgIpc) is 3.41. The normalized spacial score (nSPS) is 21.4. The number of hydrogen-bond acceptors (Lipinski definition) is 4.